The highest BCUT2D eigenvalue weighted by Gasteiger charge is 2.45. The first-order valence-corrected chi connectivity index (χ1v) is 16.6. The minimum atomic E-state index is -5.39. The van der Waals surface area contributed by atoms with E-state index in [9.17, 15) is 36.5 Å². The quantitative estimate of drug-likeness (QED) is 0.200. The number of aryl methyl sites for hydroxylation is 1. The Morgan fingerprint density at radius 1 is 1.18 bits per heavy atom. The van der Waals surface area contributed by atoms with E-state index in [0.717, 1.165) is 24.8 Å². The molecular formula is C27H37F3NO7PS. The number of ether oxygens (including phenoxy) is 1. The van der Waals surface area contributed by atoms with Gasteiger partial charge in [-0.2, -0.15) is 23.8 Å². The number of methoxy groups -OCH3 is 1. The SMILES string of the molecule is CCCC[C@]1(CC)CS(O)(O)c2cc(CCCP(=O)(O)OC(=O)C(F)(F)F)c(OC)cc2[C@@H](c2ccccc2)N1. The van der Waals surface area contributed by atoms with E-state index < -0.39 is 42.0 Å². The maximum atomic E-state index is 12.5. The van der Waals surface area contributed by atoms with Gasteiger partial charge in [-0.1, -0.05) is 57.0 Å². The second-order valence-corrected chi connectivity index (χ2v) is 14.0. The Kier molecular flexibility index (Phi) is 10.4. The summed E-state index contributed by atoms with van der Waals surface area (Å²) in [7, 11) is -6.74. The van der Waals surface area contributed by atoms with Crippen molar-refractivity contribution >= 4 is 24.2 Å². The fourth-order valence-electron chi connectivity index (χ4n) is 5.05. The lowest BCUT2D eigenvalue weighted by atomic mass is 9.87. The van der Waals surface area contributed by atoms with Gasteiger partial charge >= 0.3 is 19.7 Å². The highest BCUT2D eigenvalue weighted by atomic mass is 32.3. The van der Waals surface area contributed by atoms with Crippen LogP contribution in [0.5, 0.6) is 5.75 Å². The smallest absolute Gasteiger partial charge is 0.491 e. The average molecular weight is 608 g/mol. The molecule has 0 fully saturated rings. The number of unbranched alkanes of at least 4 members (excludes halogenated alkanes) is 1. The maximum absolute atomic E-state index is 12.5. The number of hydrogen-bond acceptors (Lipinski definition) is 7. The molecule has 2 aromatic rings. The topological polar surface area (TPSA) is 125 Å². The van der Waals surface area contributed by atoms with Gasteiger partial charge in [0.25, 0.3) is 0 Å². The molecule has 40 heavy (non-hydrogen) atoms. The number of benzene rings is 2. The first kappa shape index (κ1) is 32.4. The van der Waals surface area contributed by atoms with Crippen molar-refractivity contribution in [2.24, 2.45) is 0 Å². The molecule has 0 bridgehead atoms. The van der Waals surface area contributed by atoms with Crippen molar-refractivity contribution in [3.8, 4) is 5.75 Å². The second kappa shape index (κ2) is 12.8. The zero-order chi connectivity index (χ0) is 29.8. The lowest BCUT2D eigenvalue weighted by Gasteiger charge is -2.42. The van der Waals surface area contributed by atoms with E-state index in [2.05, 4.69) is 16.8 Å². The van der Waals surface area contributed by atoms with Crippen LogP contribution in [0.4, 0.5) is 13.2 Å². The summed E-state index contributed by atoms with van der Waals surface area (Å²) in [6.07, 6.45) is -2.94. The number of alkyl halides is 3. The molecule has 3 atom stereocenters. The molecule has 1 aliphatic heterocycles. The lowest BCUT2D eigenvalue weighted by Crippen LogP contribution is -2.49. The molecule has 1 unspecified atom stereocenters. The highest BCUT2D eigenvalue weighted by Crippen LogP contribution is 2.58. The Bertz CT molecular complexity index is 1230. The van der Waals surface area contributed by atoms with Gasteiger partial charge in [0.2, 0.25) is 0 Å². The van der Waals surface area contributed by atoms with Crippen LogP contribution in [0.15, 0.2) is 47.4 Å². The van der Waals surface area contributed by atoms with Crippen molar-refractivity contribution < 1.29 is 45.8 Å². The van der Waals surface area contributed by atoms with E-state index >= 15 is 0 Å². The zero-order valence-electron chi connectivity index (χ0n) is 22.7. The van der Waals surface area contributed by atoms with Crippen molar-refractivity contribution in [2.75, 3.05) is 19.0 Å². The Morgan fingerprint density at radius 3 is 2.42 bits per heavy atom. The number of halogens is 3. The summed E-state index contributed by atoms with van der Waals surface area (Å²) in [6, 6.07) is 12.6. The van der Waals surface area contributed by atoms with Crippen LogP contribution in [0.3, 0.4) is 0 Å². The third-order valence-electron chi connectivity index (χ3n) is 7.17. The summed E-state index contributed by atoms with van der Waals surface area (Å²) < 4.78 is 82.0. The van der Waals surface area contributed by atoms with Crippen molar-refractivity contribution in [3.05, 3.63) is 59.2 Å². The molecule has 13 heteroatoms. The third kappa shape index (κ3) is 7.80. The van der Waals surface area contributed by atoms with Crippen molar-refractivity contribution in [2.45, 2.75) is 75.0 Å². The standard InChI is InChI=1S/C27H37F3NO7PS/c1-4-6-14-26(5-2)18-40(35,36)23-16-20(13-10-15-39(33,34)38-25(32)27(28,29)30)22(37-3)17-21(23)24(31-26)19-11-8-7-9-12-19/h7-9,11-12,16-17,24,31,35-36H,4-6,10,13-15,18H2,1-3H3,(H,33,34)/t24-,26-/m1/s1. The van der Waals surface area contributed by atoms with Crippen molar-refractivity contribution in [1.29, 1.82) is 0 Å². The molecule has 8 nitrogen and oxygen atoms in total. The van der Waals surface area contributed by atoms with E-state index in [4.69, 9.17) is 4.74 Å². The molecule has 1 heterocycles. The monoisotopic (exact) mass is 607 g/mol. The molecule has 3 rings (SSSR count). The molecule has 1 aliphatic rings. The third-order valence-corrected chi connectivity index (χ3v) is 10.5. The van der Waals surface area contributed by atoms with E-state index in [1.165, 1.54) is 7.11 Å². The highest BCUT2D eigenvalue weighted by molar-refractivity contribution is 8.24. The van der Waals surface area contributed by atoms with Crippen molar-refractivity contribution in [3.63, 3.8) is 0 Å². The minimum absolute atomic E-state index is 0.0538. The van der Waals surface area contributed by atoms with Crippen LogP contribution < -0.4 is 10.1 Å². The molecule has 224 valence electrons. The Balaban J connectivity index is 2.00. The van der Waals surface area contributed by atoms with Crippen LogP contribution in [0, 0.1) is 0 Å². The van der Waals surface area contributed by atoms with E-state index in [1.54, 1.807) is 12.1 Å². The normalized spacial score (nSPS) is 22.9. The number of carbonyl (C=O) groups excluding carboxylic acids is 1. The Hall–Kier alpha value is -2.08. The number of hydrogen-bond donors (Lipinski definition) is 4. The first-order valence-electron chi connectivity index (χ1n) is 13.1. The average Bonchev–Trinajstić information content (AvgIpc) is 2.98. The number of rotatable bonds is 11. The molecule has 0 saturated heterocycles. The molecular weight excluding hydrogens is 570 g/mol. The summed E-state index contributed by atoms with van der Waals surface area (Å²) in [5, 5.41) is 3.74. The van der Waals surface area contributed by atoms with Gasteiger partial charge in [0, 0.05) is 11.1 Å². The maximum Gasteiger partial charge on any atom is 0.491 e. The predicted molar refractivity (Wildman–Crippen MR) is 148 cm³/mol. The van der Waals surface area contributed by atoms with Gasteiger partial charge in [0.15, 0.2) is 0 Å². The molecule has 4 N–H and O–H groups in total. The first-order chi connectivity index (χ1) is 18.7. The van der Waals surface area contributed by atoms with Crippen LogP contribution in [0.25, 0.3) is 0 Å². The largest absolute Gasteiger partial charge is 0.496 e. The van der Waals surface area contributed by atoms with Crippen LogP contribution in [-0.2, 0) is 20.3 Å². The van der Waals surface area contributed by atoms with Gasteiger partial charge in [-0.15, -0.1) is 0 Å². The van der Waals surface area contributed by atoms with E-state index in [-0.39, 0.29) is 24.6 Å². The molecule has 0 aromatic heterocycles. The molecule has 2 aromatic carbocycles. The summed E-state index contributed by atoms with van der Waals surface area (Å²) in [5.41, 5.74) is 1.48. The van der Waals surface area contributed by atoms with Crippen molar-refractivity contribution in [1.82, 2.24) is 5.32 Å². The minimum Gasteiger partial charge on any atom is -0.496 e. The molecule has 0 saturated carbocycles. The fourth-order valence-corrected chi connectivity index (χ4v) is 8.30. The number of fused-ring (bicyclic) bond motifs is 1. The van der Waals surface area contributed by atoms with Gasteiger partial charge in [-0.05, 0) is 48.9 Å². The molecule has 0 amide bonds. The fraction of sp³-hybridized carbons (Fsp3) is 0.519. The van der Waals surface area contributed by atoms with Crippen LogP contribution in [-0.4, -0.2) is 50.7 Å². The Morgan fingerprint density at radius 2 is 1.85 bits per heavy atom. The van der Waals surface area contributed by atoms with E-state index in [0.29, 0.717) is 28.2 Å². The summed E-state index contributed by atoms with van der Waals surface area (Å²) in [5.74, 6) is -2.25. The van der Waals surface area contributed by atoms with Crippen LogP contribution in [0.2, 0.25) is 0 Å². The van der Waals surface area contributed by atoms with Gasteiger partial charge in [-0.25, -0.2) is 9.36 Å². The van der Waals surface area contributed by atoms with Gasteiger partial charge < -0.3 is 14.2 Å². The number of nitrogens with one attached hydrogen (secondary N) is 1. The predicted octanol–water partition coefficient (Wildman–Crippen LogP) is 7.06. The lowest BCUT2D eigenvalue weighted by molar-refractivity contribution is -0.190. The molecule has 0 radical (unpaired) electrons. The van der Waals surface area contributed by atoms with Gasteiger partial charge in [0.1, 0.15) is 5.75 Å². The summed E-state index contributed by atoms with van der Waals surface area (Å²) >= 11 is 0. The molecule has 0 spiro atoms. The van der Waals surface area contributed by atoms with Crippen LogP contribution in [0.1, 0.15) is 68.7 Å². The Labute approximate surface area is 234 Å². The summed E-state index contributed by atoms with van der Waals surface area (Å²) in [4.78, 5) is 21.1. The van der Waals surface area contributed by atoms with Gasteiger partial charge in [-0.3, -0.25) is 14.4 Å². The summed E-state index contributed by atoms with van der Waals surface area (Å²) in [6.45, 7) is 4.09. The zero-order valence-corrected chi connectivity index (χ0v) is 24.5. The van der Waals surface area contributed by atoms with E-state index in [1.807, 2.05) is 37.3 Å². The molecule has 0 aliphatic carbocycles. The van der Waals surface area contributed by atoms with Crippen LogP contribution >= 0.6 is 18.2 Å². The van der Waals surface area contributed by atoms with Gasteiger partial charge in [0.05, 0.1) is 30.0 Å². The second-order valence-electron chi connectivity index (χ2n) is 10.1. The number of carbonyl (C=O) groups is 1.